The summed E-state index contributed by atoms with van der Waals surface area (Å²) >= 11 is -0.413. The number of carbonyl (C=O) groups excluding carboxylic acids is 1. The molecule has 0 saturated carbocycles. The number of aryl methyl sites for hydroxylation is 1. The molecule has 0 bridgehead atoms. The van der Waals surface area contributed by atoms with Crippen LogP contribution in [0.1, 0.15) is 44.4 Å². The number of benzene rings is 1. The molecule has 0 fully saturated rings. The first kappa shape index (κ1) is 17.0. The van der Waals surface area contributed by atoms with Crippen LogP contribution in [0.3, 0.4) is 0 Å². The van der Waals surface area contributed by atoms with Crippen molar-refractivity contribution in [2.24, 2.45) is 0 Å². The van der Waals surface area contributed by atoms with Gasteiger partial charge in [0.25, 0.3) is 0 Å². The van der Waals surface area contributed by atoms with E-state index in [1.54, 1.807) is 6.08 Å². The maximum absolute atomic E-state index is 11.3. The molecule has 0 aliphatic heterocycles. The van der Waals surface area contributed by atoms with E-state index >= 15 is 0 Å². The van der Waals surface area contributed by atoms with Crippen LogP contribution in [0.4, 0.5) is 0 Å². The van der Waals surface area contributed by atoms with Gasteiger partial charge in [-0.05, 0) is 0 Å². The van der Waals surface area contributed by atoms with E-state index in [1.165, 1.54) is 21.1 Å². The molecule has 1 rings (SSSR count). The van der Waals surface area contributed by atoms with E-state index in [0.29, 0.717) is 6.61 Å². The number of rotatable bonds is 7. The van der Waals surface area contributed by atoms with Crippen LogP contribution in [0, 0.1) is 0 Å². The molecule has 3 heteroatoms. The Balaban J connectivity index is 2.93. The first-order chi connectivity index (χ1) is 9.67. The van der Waals surface area contributed by atoms with Crippen LogP contribution in [-0.4, -0.2) is 28.0 Å². The Bertz CT molecular complexity index is 478. The maximum atomic E-state index is 11.3. The Kier molecular flexibility index (Phi) is 7.67. The van der Waals surface area contributed by atoms with Gasteiger partial charge in [-0.25, -0.2) is 0 Å². The molecule has 0 aliphatic carbocycles. The predicted octanol–water partition coefficient (Wildman–Crippen LogP) is 2.78. The molecule has 2 nitrogen and oxygen atoms in total. The van der Waals surface area contributed by atoms with Crippen LogP contribution in [-0.2, 0) is 28.8 Å². The summed E-state index contributed by atoms with van der Waals surface area (Å²) in [4.78, 5) is 13.3. The molecule has 0 N–H and O–H groups in total. The summed E-state index contributed by atoms with van der Waals surface area (Å²) in [6.45, 7) is 8.93. The van der Waals surface area contributed by atoms with Crippen molar-refractivity contribution in [3.8, 4) is 0 Å². The fraction of sp³-hybridized carbons (Fsp3) is 0.471. The summed E-state index contributed by atoms with van der Waals surface area (Å²) in [5, 5.41) is 0. The van der Waals surface area contributed by atoms with Gasteiger partial charge in [-0.1, -0.05) is 0 Å². The summed E-state index contributed by atoms with van der Waals surface area (Å²) in [7, 11) is 0. The van der Waals surface area contributed by atoms with Crippen molar-refractivity contribution in [1.82, 2.24) is 0 Å². The molecule has 0 amide bonds. The van der Waals surface area contributed by atoms with Gasteiger partial charge in [0.1, 0.15) is 0 Å². The summed E-state index contributed by atoms with van der Waals surface area (Å²) < 4.78 is 6.36. The molecule has 0 unspecified atom stereocenters. The van der Waals surface area contributed by atoms with Crippen molar-refractivity contribution in [3.63, 3.8) is 0 Å². The van der Waals surface area contributed by atoms with Gasteiger partial charge < -0.3 is 0 Å². The van der Waals surface area contributed by atoms with E-state index < -0.39 is 15.4 Å². The van der Waals surface area contributed by atoms with Crippen LogP contribution in [0.5, 0.6) is 0 Å². The monoisotopic (exact) mass is 334 g/mol. The molecular weight excluding hydrogens is 309 g/mol. The zero-order valence-corrected chi connectivity index (χ0v) is 15.1. The third-order valence-corrected chi connectivity index (χ3v) is 5.70. The number of ether oxygens (including phenoxy) is 1. The molecule has 0 spiro atoms. The number of hydrogen-bond donors (Lipinski definition) is 0. The Morgan fingerprint density at radius 2 is 1.80 bits per heavy atom. The SMILES string of the molecule is CCOC(=O)/C=[CH]/[Ge][c]1ccc(CC)c(CC)c1CC. The number of hydrogen-bond acceptors (Lipinski definition) is 2. The van der Waals surface area contributed by atoms with Gasteiger partial charge >= 0.3 is 129 Å². The second-order valence-electron chi connectivity index (χ2n) is 4.52. The van der Waals surface area contributed by atoms with Crippen LogP contribution in [0.15, 0.2) is 23.1 Å². The fourth-order valence-electron chi connectivity index (χ4n) is 2.44. The minimum atomic E-state index is -0.413. The van der Waals surface area contributed by atoms with Crippen molar-refractivity contribution in [1.29, 1.82) is 0 Å². The molecule has 20 heavy (non-hydrogen) atoms. The number of esters is 1. The van der Waals surface area contributed by atoms with Crippen LogP contribution >= 0.6 is 0 Å². The third-order valence-electron chi connectivity index (χ3n) is 3.36. The van der Waals surface area contributed by atoms with E-state index in [0.717, 1.165) is 19.3 Å². The molecule has 2 radical (unpaired) electrons. The van der Waals surface area contributed by atoms with Gasteiger partial charge in [0.2, 0.25) is 0 Å². The van der Waals surface area contributed by atoms with Crippen molar-refractivity contribution in [3.05, 3.63) is 39.8 Å². The van der Waals surface area contributed by atoms with Gasteiger partial charge in [-0.2, -0.15) is 0 Å². The predicted molar refractivity (Wildman–Crippen MR) is 85.7 cm³/mol. The summed E-state index contributed by atoms with van der Waals surface area (Å²) in [6.07, 6.45) is 4.84. The molecule has 1 aromatic rings. The summed E-state index contributed by atoms with van der Waals surface area (Å²) in [5.74, 6) is -0.227. The molecule has 0 saturated heterocycles. The van der Waals surface area contributed by atoms with Crippen LogP contribution in [0.25, 0.3) is 0 Å². The van der Waals surface area contributed by atoms with Gasteiger partial charge in [-0.3, -0.25) is 0 Å². The van der Waals surface area contributed by atoms with Gasteiger partial charge in [0.15, 0.2) is 0 Å². The molecule has 0 aliphatic rings. The average molecular weight is 333 g/mol. The van der Waals surface area contributed by atoms with E-state index in [1.807, 2.05) is 11.8 Å². The van der Waals surface area contributed by atoms with Crippen molar-refractivity contribution in [2.75, 3.05) is 6.61 Å². The second-order valence-corrected chi connectivity index (χ2v) is 6.95. The Morgan fingerprint density at radius 1 is 1.10 bits per heavy atom. The second kappa shape index (κ2) is 9.01. The van der Waals surface area contributed by atoms with E-state index in [-0.39, 0.29) is 5.97 Å². The molecule has 0 aromatic heterocycles. The minimum absolute atomic E-state index is 0.227. The molecular formula is C17H24GeO2. The van der Waals surface area contributed by atoms with E-state index in [2.05, 4.69) is 32.9 Å². The fourth-order valence-corrected chi connectivity index (χ4v) is 4.71. The van der Waals surface area contributed by atoms with Gasteiger partial charge in [0.05, 0.1) is 0 Å². The van der Waals surface area contributed by atoms with Crippen LogP contribution < -0.4 is 4.40 Å². The van der Waals surface area contributed by atoms with E-state index in [9.17, 15) is 4.79 Å². The standard InChI is InChI=1S/C17H24GeO2/c1-5-13-9-10-16(15(7-3)14(13)6-2)18-12-11-17(19)20-8-4/h9-12H,5-8H2,1-4H3/b12-11+. The van der Waals surface area contributed by atoms with Crippen molar-refractivity contribution < 1.29 is 9.53 Å². The zero-order chi connectivity index (χ0) is 15.0. The summed E-state index contributed by atoms with van der Waals surface area (Å²) in [5.41, 5.74) is 4.48. The average Bonchev–Trinajstić information content (AvgIpc) is 2.46. The first-order valence-electron chi connectivity index (χ1n) is 7.41. The van der Waals surface area contributed by atoms with E-state index in [4.69, 9.17) is 4.74 Å². The zero-order valence-electron chi connectivity index (χ0n) is 13.0. The van der Waals surface area contributed by atoms with Gasteiger partial charge in [-0.15, -0.1) is 0 Å². The molecule has 0 heterocycles. The normalized spacial score (nSPS) is 11.0. The Hall–Kier alpha value is -1.03. The molecule has 0 atom stereocenters. The first-order valence-corrected chi connectivity index (χ1v) is 9.67. The molecule has 108 valence electrons. The summed E-state index contributed by atoms with van der Waals surface area (Å²) in [6, 6.07) is 4.52. The Labute approximate surface area is 129 Å². The topological polar surface area (TPSA) is 26.3 Å². The number of carbonyl (C=O) groups is 1. The van der Waals surface area contributed by atoms with Crippen LogP contribution in [0.2, 0.25) is 0 Å². The third kappa shape index (κ3) is 4.51. The van der Waals surface area contributed by atoms with Crippen molar-refractivity contribution >= 4 is 25.8 Å². The van der Waals surface area contributed by atoms with Gasteiger partial charge in [0, 0.05) is 0 Å². The molecule has 1 aromatic carbocycles. The Morgan fingerprint density at radius 3 is 2.35 bits per heavy atom. The quantitative estimate of drug-likeness (QED) is 0.436. The van der Waals surface area contributed by atoms with Crippen molar-refractivity contribution in [2.45, 2.75) is 47.0 Å².